The molecule has 2 heterocycles. The van der Waals surface area contributed by atoms with Gasteiger partial charge in [0.25, 0.3) is 0 Å². The summed E-state index contributed by atoms with van der Waals surface area (Å²) in [6, 6.07) is 0.535. The molecule has 0 aromatic heterocycles. The molecule has 2 aliphatic rings. The first-order valence-electron chi connectivity index (χ1n) is 7.83. The van der Waals surface area contributed by atoms with E-state index in [2.05, 4.69) is 10.2 Å². The summed E-state index contributed by atoms with van der Waals surface area (Å²) in [5.41, 5.74) is -0.381. The lowest BCUT2D eigenvalue weighted by atomic mass is 10.0. The van der Waals surface area contributed by atoms with Gasteiger partial charge in [0.15, 0.2) is 0 Å². The van der Waals surface area contributed by atoms with Crippen molar-refractivity contribution in [3.8, 4) is 0 Å². The van der Waals surface area contributed by atoms with Crippen LogP contribution in [0.3, 0.4) is 0 Å². The average molecular weight is 297 g/mol. The topological polar surface area (TPSA) is 72.9 Å². The second kappa shape index (κ2) is 6.22. The van der Waals surface area contributed by atoms with Crippen LogP contribution in [0.25, 0.3) is 0 Å². The minimum absolute atomic E-state index is 0.0229. The second-order valence-corrected chi connectivity index (χ2v) is 7.06. The highest BCUT2D eigenvalue weighted by molar-refractivity contribution is 5.76. The lowest BCUT2D eigenvalue weighted by Crippen LogP contribution is -2.55. The number of carboxylic acids is 1. The van der Waals surface area contributed by atoms with Crippen molar-refractivity contribution in [2.24, 2.45) is 0 Å². The highest BCUT2D eigenvalue weighted by Gasteiger charge is 2.39. The Labute approximate surface area is 126 Å². The fourth-order valence-electron chi connectivity index (χ4n) is 3.44. The van der Waals surface area contributed by atoms with Crippen LogP contribution in [0.2, 0.25) is 0 Å². The van der Waals surface area contributed by atoms with Gasteiger partial charge in [0, 0.05) is 30.7 Å². The highest BCUT2D eigenvalue weighted by Crippen LogP contribution is 2.28. The van der Waals surface area contributed by atoms with E-state index in [0.29, 0.717) is 6.04 Å². The van der Waals surface area contributed by atoms with E-state index in [-0.39, 0.29) is 30.6 Å². The van der Waals surface area contributed by atoms with Crippen LogP contribution in [0.15, 0.2) is 0 Å². The Morgan fingerprint density at radius 1 is 1.29 bits per heavy atom. The molecule has 0 aromatic carbocycles. The number of carbonyl (C=O) groups is 2. The molecule has 2 amide bonds. The molecule has 6 nitrogen and oxygen atoms in total. The summed E-state index contributed by atoms with van der Waals surface area (Å²) in [4.78, 5) is 27.4. The zero-order valence-electron chi connectivity index (χ0n) is 13.3. The van der Waals surface area contributed by atoms with Crippen LogP contribution >= 0.6 is 0 Å². The van der Waals surface area contributed by atoms with E-state index in [1.54, 1.807) is 4.90 Å². The number of hydrogen-bond acceptors (Lipinski definition) is 3. The Balaban J connectivity index is 1.96. The number of nitrogens with zero attached hydrogens (tertiary/aromatic N) is 2. The molecule has 2 rings (SSSR count). The van der Waals surface area contributed by atoms with Crippen LogP contribution in [-0.2, 0) is 4.79 Å². The van der Waals surface area contributed by atoms with Crippen molar-refractivity contribution in [1.29, 1.82) is 0 Å². The van der Waals surface area contributed by atoms with Gasteiger partial charge in [-0.1, -0.05) is 0 Å². The van der Waals surface area contributed by atoms with E-state index in [4.69, 9.17) is 5.11 Å². The maximum absolute atomic E-state index is 12.6. The Kier molecular flexibility index (Phi) is 4.76. The van der Waals surface area contributed by atoms with E-state index in [9.17, 15) is 9.59 Å². The zero-order chi connectivity index (χ0) is 15.6. The van der Waals surface area contributed by atoms with Gasteiger partial charge in [-0.3, -0.25) is 9.69 Å². The monoisotopic (exact) mass is 297 g/mol. The van der Waals surface area contributed by atoms with Gasteiger partial charge in [0.2, 0.25) is 0 Å². The lowest BCUT2D eigenvalue weighted by Gasteiger charge is -2.36. The van der Waals surface area contributed by atoms with Crippen molar-refractivity contribution in [3.05, 3.63) is 0 Å². The molecule has 0 saturated carbocycles. The lowest BCUT2D eigenvalue weighted by molar-refractivity contribution is -0.137. The van der Waals surface area contributed by atoms with Crippen LogP contribution in [0.5, 0.6) is 0 Å². The maximum Gasteiger partial charge on any atom is 0.318 e. The SMILES string of the molecule is CC(C)(C)N(CCC(=O)O)C(=O)NC1CCN2CCCC12. The number of carbonyl (C=O) groups excluding carboxylic acids is 1. The second-order valence-electron chi connectivity index (χ2n) is 7.06. The molecule has 120 valence electrons. The summed E-state index contributed by atoms with van der Waals surface area (Å²) in [7, 11) is 0. The third kappa shape index (κ3) is 3.87. The number of nitrogens with one attached hydrogen (secondary N) is 1. The molecule has 0 aromatic rings. The van der Waals surface area contributed by atoms with Crippen LogP contribution < -0.4 is 5.32 Å². The van der Waals surface area contributed by atoms with Crippen molar-refractivity contribution in [2.75, 3.05) is 19.6 Å². The van der Waals surface area contributed by atoms with Gasteiger partial charge in [-0.2, -0.15) is 0 Å². The Morgan fingerprint density at radius 3 is 2.62 bits per heavy atom. The third-order valence-corrected chi connectivity index (χ3v) is 4.52. The van der Waals surface area contributed by atoms with Crippen LogP contribution in [0.4, 0.5) is 4.79 Å². The molecule has 21 heavy (non-hydrogen) atoms. The zero-order valence-corrected chi connectivity index (χ0v) is 13.3. The molecule has 2 N–H and O–H groups in total. The molecule has 2 aliphatic heterocycles. The molecule has 0 radical (unpaired) electrons. The van der Waals surface area contributed by atoms with Gasteiger partial charge in [0.1, 0.15) is 0 Å². The number of rotatable bonds is 4. The standard InChI is InChI=1S/C15H27N3O3/c1-15(2,3)18(10-7-13(19)20)14(21)16-11-6-9-17-8-4-5-12(11)17/h11-12H,4-10H2,1-3H3,(H,16,21)(H,19,20). The molecule has 2 saturated heterocycles. The van der Waals surface area contributed by atoms with Crippen molar-refractivity contribution in [1.82, 2.24) is 15.1 Å². The summed E-state index contributed by atoms with van der Waals surface area (Å²) in [6.45, 7) is 8.24. The Bertz CT molecular complexity index is 405. The van der Waals surface area contributed by atoms with Gasteiger partial charge in [-0.05, 0) is 46.6 Å². The number of carboxylic acid groups (broad SMARTS) is 1. The largest absolute Gasteiger partial charge is 0.481 e. The Hall–Kier alpha value is -1.30. The maximum atomic E-state index is 12.6. The molecule has 2 atom stereocenters. The molecule has 0 aliphatic carbocycles. The minimum atomic E-state index is -0.875. The summed E-state index contributed by atoms with van der Waals surface area (Å²) in [6.07, 6.45) is 3.33. The van der Waals surface area contributed by atoms with E-state index < -0.39 is 5.97 Å². The smallest absolute Gasteiger partial charge is 0.318 e. The number of aliphatic carboxylic acids is 1. The Morgan fingerprint density at radius 2 is 2.00 bits per heavy atom. The van der Waals surface area contributed by atoms with Crippen LogP contribution in [0, 0.1) is 0 Å². The van der Waals surface area contributed by atoms with E-state index in [0.717, 1.165) is 25.9 Å². The molecule has 0 spiro atoms. The summed E-state index contributed by atoms with van der Waals surface area (Å²) in [5, 5.41) is 12.0. The average Bonchev–Trinajstić information content (AvgIpc) is 2.92. The molecular weight excluding hydrogens is 270 g/mol. The first-order valence-corrected chi connectivity index (χ1v) is 7.83. The summed E-state index contributed by atoms with van der Waals surface area (Å²) >= 11 is 0. The molecular formula is C15H27N3O3. The van der Waals surface area contributed by atoms with Gasteiger partial charge in [0.05, 0.1) is 6.42 Å². The first-order chi connectivity index (χ1) is 9.79. The van der Waals surface area contributed by atoms with Crippen molar-refractivity contribution < 1.29 is 14.7 Å². The number of fused-ring (bicyclic) bond motifs is 1. The summed E-state index contributed by atoms with van der Waals surface area (Å²) < 4.78 is 0. The molecule has 2 unspecified atom stereocenters. The van der Waals surface area contributed by atoms with E-state index in [1.807, 2.05) is 20.8 Å². The van der Waals surface area contributed by atoms with E-state index >= 15 is 0 Å². The first kappa shape index (κ1) is 16.1. The molecule has 6 heteroatoms. The van der Waals surface area contributed by atoms with Gasteiger partial charge < -0.3 is 15.3 Å². The molecule has 2 fully saturated rings. The summed E-state index contributed by atoms with van der Waals surface area (Å²) in [5.74, 6) is -0.875. The quantitative estimate of drug-likeness (QED) is 0.825. The highest BCUT2D eigenvalue weighted by atomic mass is 16.4. The fraction of sp³-hybridized carbons (Fsp3) is 0.867. The van der Waals surface area contributed by atoms with Crippen LogP contribution in [0.1, 0.15) is 46.5 Å². The molecule has 0 bridgehead atoms. The number of urea groups is 1. The van der Waals surface area contributed by atoms with Crippen molar-refractivity contribution in [2.45, 2.75) is 64.1 Å². The van der Waals surface area contributed by atoms with Crippen LogP contribution in [-0.4, -0.2) is 64.2 Å². The van der Waals surface area contributed by atoms with Gasteiger partial charge in [-0.25, -0.2) is 4.79 Å². The fourth-order valence-corrected chi connectivity index (χ4v) is 3.44. The number of hydrogen-bond donors (Lipinski definition) is 2. The van der Waals surface area contributed by atoms with Crippen molar-refractivity contribution >= 4 is 12.0 Å². The number of amides is 2. The predicted molar refractivity (Wildman–Crippen MR) is 80.2 cm³/mol. The normalized spacial score (nSPS) is 25.7. The van der Waals surface area contributed by atoms with Gasteiger partial charge in [-0.15, -0.1) is 0 Å². The van der Waals surface area contributed by atoms with E-state index in [1.165, 1.54) is 6.42 Å². The minimum Gasteiger partial charge on any atom is -0.481 e. The third-order valence-electron chi connectivity index (χ3n) is 4.52. The van der Waals surface area contributed by atoms with Gasteiger partial charge >= 0.3 is 12.0 Å². The predicted octanol–water partition coefficient (Wildman–Crippen LogP) is 1.51. The van der Waals surface area contributed by atoms with Crippen molar-refractivity contribution in [3.63, 3.8) is 0 Å².